The van der Waals surface area contributed by atoms with Crippen molar-refractivity contribution in [2.45, 2.75) is 12.8 Å². The smallest absolute Gasteiger partial charge is 0.224 e. The van der Waals surface area contributed by atoms with Gasteiger partial charge in [0.05, 0.1) is 12.5 Å². The standard InChI is InChI=1S/C14H20N6O2/c1-22-8-6-15-14(21)11-3-2-7-19(9-11)13-5-4-12-17-16-10-20(12)18-13/h4-5,10-11H,2-3,6-9H2,1H3,(H,15,21)/t11-/m0/s1. The Balaban J connectivity index is 1.65. The van der Waals surface area contributed by atoms with Crippen LogP contribution in [0, 0.1) is 5.92 Å². The quantitative estimate of drug-likeness (QED) is 0.789. The van der Waals surface area contributed by atoms with Gasteiger partial charge in [-0.05, 0) is 25.0 Å². The number of ether oxygens (including phenoxy) is 1. The van der Waals surface area contributed by atoms with Crippen LogP contribution in [-0.4, -0.2) is 59.1 Å². The van der Waals surface area contributed by atoms with Crippen LogP contribution in [0.5, 0.6) is 0 Å². The molecule has 3 rings (SSSR count). The monoisotopic (exact) mass is 304 g/mol. The number of carbonyl (C=O) groups excluding carboxylic acids is 1. The van der Waals surface area contributed by atoms with E-state index in [2.05, 4.69) is 25.5 Å². The summed E-state index contributed by atoms with van der Waals surface area (Å²) in [5.41, 5.74) is 0.717. The van der Waals surface area contributed by atoms with Gasteiger partial charge in [-0.15, -0.1) is 15.3 Å². The number of hydrogen-bond donors (Lipinski definition) is 1. The van der Waals surface area contributed by atoms with Gasteiger partial charge in [-0.1, -0.05) is 0 Å². The normalized spacial score (nSPS) is 18.6. The summed E-state index contributed by atoms with van der Waals surface area (Å²) in [6.07, 6.45) is 3.46. The summed E-state index contributed by atoms with van der Waals surface area (Å²) in [5.74, 6) is 0.929. The number of anilines is 1. The first-order chi connectivity index (χ1) is 10.8. The first-order valence-corrected chi connectivity index (χ1v) is 7.46. The van der Waals surface area contributed by atoms with Gasteiger partial charge < -0.3 is 15.0 Å². The van der Waals surface area contributed by atoms with E-state index >= 15 is 0 Å². The molecule has 0 bridgehead atoms. The number of nitrogens with one attached hydrogen (secondary N) is 1. The van der Waals surface area contributed by atoms with Crippen molar-refractivity contribution in [1.82, 2.24) is 25.1 Å². The van der Waals surface area contributed by atoms with Crippen LogP contribution in [0.2, 0.25) is 0 Å². The molecule has 118 valence electrons. The third kappa shape index (κ3) is 3.16. The Bertz CT molecular complexity index is 643. The predicted molar refractivity (Wildman–Crippen MR) is 80.6 cm³/mol. The summed E-state index contributed by atoms with van der Waals surface area (Å²) in [6, 6.07) is 3.81. The van der Waals surface area contributed by atoms with E-state index in [9.17, 15) is 4.79 Å². The summed E-state index contributed by atoms with van der Waals surface area (Å²) in [4.78, 5) is 14.3. The second-order valence-electron chi connectivity index (χ2n) is 5.39. The van der Waals surface area contributed by atoms with Crippen molar-refractivity contribution in [3.8, 4) is 0 Å². The van der Waals surface area contributed by atoms with Gasteiger partial charge >= 0.3 is 0 Å². The van der Waals surface area contributed by atoms with Crippen molar-refractivity contribution >= 4 is 17.4 Å². The molecule has 0 spiro atoms. The van der Waals surface area contributed by atoms with E-state index in [0.29, 0.717) is 19.7 Å². The van der Waals surface area contributed by atoms with Crippen molar-refractivity contribution < 1.29 is 9.53 Å². The predicted octanol–water partition coefficient (Wildman–Crippen LogP) is 0.103. The molecule has 0 radical (unpaired) electrons. The minimum Gasteiger partial charge on any atom is -0.383 e. The number of fused-ring (bicyclic) bond motifs is 1. The zero-order valence-electron chi connectivity index (χ0n) is 12.6. The summed E-state index contributed by atoms with van der Waals surface area (Å²) >= 11 is 0. The first kappa shape index (κ1) is 14.7. The van der Waals surface area contributed by atoms with Crippen molar-refractivity contribution in [3.63, 3.8) is 0 Å². The van der Waals surface area contributed by atoms with Gasteiger partial charge in [0.2, 0.25) is 5.91 Å². The number of aromatic nitrogens is 4. The summed E-state index contributed by atoms with van der Waals surface area (Å²) in [7, 11) is 1.63. The van der Waals surface area contributed by atoms with Crippen LogP contribution in [0.25, 0.3) is 5.65 Å². The highest BCUT2D eigenvalue weighted by atomic mass is 16.5. The number of carbonyl (C=O) groups is 1. The summed E-state index contributed by atoms with van der Waals surface area (Å²) < 4.78 is 6.60. The van der Waals surface area contributed by atoms with Crippen LogP contribution in [0.3, 0.4) is 0 Å². The molecule has 1 aliphatic rings. The van der Waals surface area contributed by atoms with Crippen molar-refractivity contribution in [3.05, 3.63) is 18.5 Å². The molecule has 22 heavy (non-hydrogen) atoms. The highest BCUT2D eigenvalue weighted by Crippen LogP contribution is 2.21. The largest absolute Gasteiger partial charge is 0.383 e. The number of methoxy groups -OCH3 is 1. The van der Waals surface area contributed by atoms with Crippen molar-refractivity contribution in [2.24, 2.45) is 5.92 Å². The molecule has 3 heterocycles. The second kappa shape index (κ2) is 6.69. The third-order valence-corrected chi connectivity index (χ3v) is 3.87. The highest BCUT2D eigenvalue weighted by Gasteiger charge is 2.26. The van der Waals surface area contributed by atoms with Gasteiger partial charge in [0.1, 0.15) is 12.1 Å². The fourth-order valence-electron chi connectivity index (χ4n) is 2.71. The molecule has 0 aliphatic carbocycles. The zero-order chi connectivity index (χ0) is 15.4. The average molecular weight is 304 g/mol. The van der Waals surface area contributed by atoms with Gasteiger partial charge in [-0.25, -0.2) is 0 Å². The van der Waals surface area contributed by atoms with Crippen LogP contribution < -0.4 is 10.2 Å². The zero-order valence-corrected chi connectivity index (χ0v) is 12.6. The minimum absolute atomic E-state index is 0.0102. The van der Waals surface area contributed by atoms with Gasteiger partial charge in [-0.2, -0.15) is 4.52 Å². The maximum Gasteiger partial charge on any atom is 0.224 e. The van der Waals surface area contributed by atoms with Crippen LogP contribution in [0.1, 0.15) is 12.8 Å². The Morgan fingerprint density at radius 3 is 3.27 bits per heavy atom. The van der Waals surface area contributed by atoms with Crippen LogP contribution in [0.4, 0.5) is 5.82 Å². The molecule has 2 aromatic rings. The number of hydrogen-bond acceptors (Lipinski definition) is 6. The van der Waals surface area contributed by atoms with Crippen LogP contribution in [0.15, 0.2) is 18.5 Å². The summed E-state index contributed by atoms with van der Waals surface area (Å²) in [5, 5.41) is 15.2. The molecular weight excluding hydrogens is 284 g/mol. The molecule has 1 amide bonds. The van der Waals surface area contributed by atoms with E-state index < -0.39 is 0 Å². The number of nitrogens with zero attached hydrogens (tertiary/aromatic N) is 5. The summed E-state index contributed by atoms with van der Waals surface area (Å²) in [6.45, 7) is 2.67. The number of piperidine rings is 1. The Morgan fingerprint density at radius 2 is 2.41 bits per heavy atom. The Kier molecular flexibility index (Phi) is 4.47. The Morgan fingerprint density at radius 1 is 1.50 bits per heavy atom. The molecule has 0 aromatic carbocycles. The minimum atomic E-state index is -0.0102. The van der Waals surface area contributed by atoms with E-state index in [1.54, 1.807) is 18.0 Å². The van der Waals surface area contributed by atoms with Gasteiger partial charge in [-0.3, -0.25) is 4.79 Å². The van der Waals surface area contributed by atoms with E-state index in [1.165, 1.54) is 0 Å². The van der Waals surface area contributed by atoms with E-state index in [1.807, 2.05) is 12.1 Å². The molecule has 2 aromatic heterocycles. The highest BCUT2D eigenvalue weighted by molar-refractivity contribution is 5.79. The Labute approximate surface area is 128 Å². The van der Waals surface area contributed by atoms with E-state index in [0.717, 1.165) is 30.9 Å². The van der Waals surface area contributed by atoms with Crippen LogP contribution >= 0.6 is 0 Å². The number of rotatable bonds is 5. The topological polar surface area (TPSA) is 84.6 Å². The lowest BCUT2D eigenvalue weighted by Crippen LogP contribution is -2.44. The molecule has 1 fully saturated rings. The van der Waals surface area contributed by atoms with Gasteiger partial charge in [0, 0.05) is 26.7 Å². The van der Waals surface area contributed by atoms with E-state index in [-0.39, 0.29) is 11.8 Å². The van der Waals surface area contributed by atoms with Gasteiger partial charge in [0.15, 0.2) is 5.65 Å². The SMILES string of the molecule is COCCNC(=O)[C@H]1CCCN(c2ccc3nncn3n2)C1. The molecule has 0 unspecified atom stereocenters. The maximum atomic E-state index is 12.2. The molecule has 8 nitrogen and oxygen atoms in total. The fraction of sp³-hybridized carbons (Fsp3) is 0.571. The number of amides is 1. The van der Waals surface area contributed by atoms with Crippen molar-refractivity contribution in [2.75, 3.05) is 38.3 Å². The molecule has 1 saturated heterocycles. The molecule has 0 saturated carbocycles. The maximum absolute atomic E-state index is 12.2. The van der Waals surface area contributed by atoms with E-state index in [4.69, 9.17) is 4.74 Å². The molecule has 1 aliphatic heterocycles. The first-order valence-electron chi connectivity index (χ1n) is 7.46. The lowest BCUT2D eigenvalue weighted by Gasteiger charge is -2.32. The Hall–Kier alpha value is -2.22. The molecular formula is C14H20N6O2. The molecule has 1 N–H and O–H groups in total. The van der Waals surface area contributed by atoms with Gasteiger partial charge in [0.25, 0.3) is 0 Å². The second-order valence-corrected chi connectivity index (χ2v) is 5.39. The lowest BCUT2D eigenvalue weighted by atomic mass is 9.97. The third-order valence-electron chi connectivity index (χ3n) is 3.87. The van der Waals surface area contributed by atoms with Crippen molar-refractivity contribution in [1.29, 1.82) is 0 Å². The van der Waals surface area contributed by atoms with Crippen LogP contribution in [-0.2, 0) is 9.53 Å². The fourth-order valence-corrected chi connectivity index (χ4v) is 2.71. The molecule has 1 atom stereocenters. The lowest BCUT2D eigenvalue weighted by molar-refractivity contribution is -0.125. The average Bonchev–Trinajstić information content (AvgIpc) is 3.02. The molecule has 8 heteroatoms.